The van der Waals surface area contributed by atoms with Crippen molar-refractivity contribution in [3.8, 4) is 0 Å². The van der Waals surface area contributed by atoms with Crippen LogP contribution in [0.2, 0.25) is 18.1 Å². The lowest BCUT2D eigenvalue weighted by Crippen LogP contribution is -2.59. The summed E-state index contributed by atoms with van der Waals surface area (Å²) in [7, 11) is -2.05. The summed E-state index contributed by atoms with van der Waals surface area (Å²) in [6.07, 6.45) is 3.49. The van der Waals surface area contributed by atoms with Crippen LogP contribution in [0.15, 0.2) is 11.6 Å². The lowest BCUT2D eigenvalue weighted by Gasteiger charge is -2.50. The van der Waals surface area contributed by atoms with E-state index in [0.29, 0.717) is 5.57 Å². The molecule has 3 aliphatic rings. The molecule has 3 rings (SSSR count). The minimum atomic E-state index is -2.05. The molecule has 0 saturated heterocycles. The number of rotatable bonds is 3. The predicted molar refractivity (Wildman–Crippen MR) is 105 cm³/mol. The minimum absolute atomic E-state index is 0.0150. The van der Waals surface area contributed by atoms with Crippen molar-refractivity contribution in [3.05, 3.63) is 11.6 Å². The summed E-state index contributed by atoms with van der Waals surface area (Å²) < 4.78 is 6.86. The first-order valence-electron chi connectivity index (χ1n) is 9.91. The number of aliphatic hydroxyl groups excluding tert-OH is 1. The van der Waals surface area contributed by atoms with Gasteiger partial charge in [-0.15, -0.1) is 0 Å². The molecule has 0 radical (unpaired) electrons. The van der Waals surface area contributed by atoms with Crippen LogP contribution in [0.4, 0.5) is 0 Å². The molecule has 3 aliphatic carbocycles. The summed E-state index contributed by atoms with van der Waals surface area (Å²) in [6.45, 7) is 17.0. The molecule has 0 unspecified atom stereocenters. The summed E-state index contributed by atoms with van der Waals surface area (Å²) in [5.74, 6) is -0.406. The molecule has 26 heavy (non-hydrogen) atoms. The second-order valence-electron chi connectivity index (χ2n) is 11.1. The van der Waals surface area contributed by atoms with E-state index >= 15 is 0 Å². The Labute approximate surface area is 159 Å². The molecule has 0 heterocycles. The lowest BCUT2D eigenvalue weighted by atomic mass is 9.59. The Morgan fingerprint density at radius 3 is 2.19 bits per heavy atom. The molecule has 0 bridgehead atoms. The zero-order chi connectivity index (χ0) is 19.9. The van der Waals surface area contributed by atoms with Gasteiger partial charge >= 0.3 is 0 Å². The van der Waals surface area contributed by atoms with E-state index in [-0.39, 0.29) is 40.8 Å². The van der Waals surface area contributed by atoms with Crippen LogP contribution < -0.4 is 0 Å². The average Bonchev–Trinajstić information content (AvgIpc) is 3.23. The number of Topliss-reactive ketones (excluding diaryl/α,β-unsaturated/α-hetero) is 1. The lowest BCUT2D eigenvalue weighted by molar-refractivity contribution is -0.155. The van der Waals surface area contributed by atoms with Gasteiger partial charge in [0.05, 0.1) is 6.10 Å². The quantitative estimate of drug-likeness (QED) is 0.733. The van der Waals surface area contributed by atoms with E-state index in [1.54, 1.807) is 6.92 Å². The zero-order valence-corrected chi connectivity index (χ0v) is 18.6. The molecule has 0 aromatic rings. The SMILES string of the molecule is CC1(C)C=C2C(=O)[C@](C)(O)C3(CC3)[C@H](CO)[C@H]2[C@@H]1O[Si](C)(C)C(C)(C)C. The van der Waals surface area contributed by atoms with Crippen LogP contribution in [0.25, 0.3) is 0 Å². The third kappa shape index (κ3) is 2.54. The number of hydrogen-bond acceptors (Lipinski definition) is 4. The minimum Gasteiger partial charge on any atom is -0.412 e. The topological polar surface area (TPSA) is 66.8 Å². The molecule has 5 heteroatoms. The molecule has 4 atom stereocenters. The van der Waals surface area contributed by atoms with Crippen molar-refractivity contribution in [2.24, 2.45) is 22.7 Å². The second kappa shape index (κ2) is 5.53. The number of carbonyl (C=O) groups excluding carboxylic acids is 1. The highest BCUT2D eigenvalue weighted by molar-refractivity contribution is 6.74. The van der Waals surface area contributed by atoms with Crippen LogP contribution in [-0.2, 0) is 9.22 Å². The van der Waals surface area contributed by atoms with Crippen molar-refractivity contribution < 1.29 is 19.4 Å². The summed E-state index contributed by atoms with van der Waals surface area (Å²) >= 11 is 0. The fourth-order valence-corrected chi connectivity index (χ4v) is 6.50. The maximum atomic E-state index is 13.2. The van der Waals surface area contributed by atoms with Crippen LogP contribution in [0.5, 0.6) is 0 Å². The highest BCUT2D eigenvalue weighted by Crippen LogP contribution is 2.68. The van der Waals surface area contributed by atoms with Crippen molar-refractivity contribution >= 4 is 14.1 Å². The Balaban J connectivity index is 2.06. The first-order chi connectivity index (χ1) is 11.6. The Morgan fingerprint density at radius 1 is 1.23 bits per heavy atom. The van der Waals surface area contributed by atoms with Gasteiger partial charge in [0.1, 0.15) is 5.60 Å². The van der Waals surface area contributed by atoms with Gasteiger partial charge in [0.25, 0.3) is 0 Å². The first-order valence-corrected chi connectivity index (χ1v) is 12.8. The van der Waals surface area contributed by atoms with Crippen molar-refractivity contribution in [1.82, 2.24) is 0 Å². The molecule has 0 amide bonds. The molecule has 2 fully saturated rings. The van der Waals surface area contributed by atoms with Crippen LogP contribution >= 0.6 is 0 Å². The third-order valence-corrected chi connectivity index (χ3v) is 12.4. The molecule has 4 nitrogen and oxygen atoms in total. The van der Waals surface area contributed by atoms with Gasteiger partial charge in [-0.3, -0.25) is 4.79 Å². The third-order valence-electron chi connectivity index (χ3n) is 7.98. The monoisotopic (exact) mass is 380 g/mol. The van der Waals surface area contributed by atoms with Gasteiger partial charge in [0.2, 0.25) is 0 Å². The number of aliphatic hydroxyl groups is 2. The first kappa shape index (κ1) is 20.2. The van der Waals surface area contributed by atoms with E-state index < -0.39 is 19.3 Å². The fraction of sp³-hybridized carbons (Fsp3) is 0.857. The van der Waals surface area contributed by atoms with Crippen molar-refractivity contribution in [2.45, 2.75) is 84.2 Å². The molecule has 0 aromatic carbocycles. The van der Waals surface area contributed by atoms with Gasteiger partial charge in [-0.1, -0.05) is 40.7 Å². The zero-order valence-electron chi connectivity index (χ0n) is 17.6. The highest BCUT2D eigenvalue weighted by atomic mass is 28.4. The number of carbonyl (C=O) groups is 1. The van der Waals surface area contributed by atoms with Gasteiger partial charge in [-0.2, -0.15) is 0 Å². The molecule has 0 aliphatic heterocycles. The largest absolute Gasteiger partial charge is 0.412 e. The van der Waals surface area contributed by atoms with E-state index in [1.807, 2.05) is 6.08 Å². The normalized spacial score (nSPS) is 38.3. The maximum Gasteiger partial charge on any atom is 0.192 e. The maximum absolute atomic E-state index is 13.2. The Kier molecular flexibility index (Phi) is 4.30. The molecular formula is C21H36O4Si. The van der Waals surface area contributed by atoms with Crippen molar-refractivity contribution in [3.63, 3.8) is 0 Å². The van der Waals surface area contributed by atoms with Gasteiger partial charge < -0.3 is 14.6 Å². The Morgan fingerprint density at radius 2 is 1.77 bits per heavy atom. The summed E-state index contributed by atoms with van der Waals surface area (Å²) in [5, 5.41) is 21.4. The van der Waals surface area contributed by atoms with Gasteiger partial charge in [0.15, 0.2) is 14.1 Å². The predicted octanol–water partition coefficient (Wildman–Crippen LogP) is 3.68. The average molecular weight is 381 g/mol. The van der Waals surface area contributed by atoms with Gasteiger partial charge in [-0.25, -0.2) is 0 Å². The number of hydrogen-bond donors (Lipinski definition) is 2. The molecule has 1 spiro atoms. The van der Waals surface area contributed by atoms with E-state index in [2.05, 4.69) is 47.7 Å². The van der Waals surface area contributed by atoms with E-state index in [4.69, 9.17) is 4.43 Å². The van der Waals surface area contributed by atoms with E-state index in [9.17, 15) is 15.0 Å². The highest BCUT2D eigenvalue weighted by Gasteiger charge is 2.72. The van der Waals surface area contributed by atoms with E-state index in [0.717, 1.165) is 12.8 Å². The summed E-state index contributed by atoms with van der Waals surface area (Å²) in [6, 6.07) is 0. The molecule has 0 aromatic heterocycles. The fourth-order valence-electron chi connectivity index (χ4n) is 5.06. The van der Waals surface area contributed by atoms with Gasteiger partial charge in [0, 0.05) is 34.8 Å². The Hall–Kier alpha value is -0.493. The molecule has 2 saturated carbocycles. The number of ketones is 1. The van der Waals surface area contributed by atoms with Crippen LogP contribution in [0.1, 0.15) is 54.4 Å². The summed E-state index contributed by atoms with van der Waals surface area (Å²) in [4.78, 5) is 13.2. The molecule has 148 valence electrons. The molecule has 2 N–H and O–H groups in total. The Bertz CT molecular complexity index is 649. The van der Waals surface area contributed by atoms with Crippen LogP contribution in [-0.4, -0.2) is 42.6 Å². The van der Waals surface area contributed by atoms with Crippen molar-refractivity contribution in [1.29, 1.82) is 0 Å². The smallest absolute Gasteiger partial charge is 0.192 e. The summed E-state index contributed by atoms with van der Waals surface area (Å²) in [5.41, 5.74) is -1.49. The molecular weight excluding hydrogens is 344 g/mol. The van der Waals surface area contributed by atoms with Gasteiger partial charge in [-0.05, 0) is 37.9 Å². The van der Waals surface area contributed by atoms with Crippen LogP contribution in [0, 0.1) is 22.7 Å². The second-order valence-corrected chi connectivity index (χ2v) is 15.8. The van der Waals surface area contributed by atoms with E-state index in [1.165, 1.54) is 0 Å². The number of fused-ring (bicyclic) bond motifs is 1. The standard InChI is InChI=1S/C21H36O4Si/c1-18(2,3)26(7,8)25-17-15-13(11-19(17,4)5)16(23)20(6,24)21(9-10-21)14(15)12-22/h11,14-15,17,22,24H,9-10,12H2,1-8H3/t14-,15+,17+,20+/m1/s1. The van der Waals surface area contributed by atoms with Crippen LogP contribution in [0.3, 0.4) is 0 Å². The van der Waals surface area contributed by atoms with Crippen molar-refractivity contribution in [2.75, 3.05) is 6.61 Å².